The number of benzene rings is 1. The summed E-state index contributed by atoms with van der Waals surface area (Å²) in [6.45, 7) is 0. The topological polar surface area (TPSA) is 49.7 Å². The minimum absolute atomic E-state index is 0.178. The molecule has 0 heterocycles. The van der Waals surface area contributed by atoms with Gasteiger partial charge in [0.05, 0.1) is 0 Å². The first-order chi connectivity index (χ1) is 7.59. The molecule has 1 aromatic rings. The largest absolute Gasteiger partial charge is 0.505 e. The minimum Gasteiger partial charge on any atom is -0.505 e. The van der Waals surface area contributed by atoms with Gasteiger partial charge in [-0.1, -0.05) is 11.6 Å². The predicted molar refractivity (Wildman–Crippen MR) is 56.7 cm³/mol. The molecule has 1 aliphatic carbocycles. The molecular formula is C11H9ClFNO2. The summed E-state index contributed by atoms with van der Waals surface area (Å²) in [7, 11) is 0. The Kier molecular flexibility index (Phi) is 2.70. The van der Waals surface area contributed by atoms with E-state index in [9.17, 15) is 14.3 Å². The summed E-state index contributed by atoms with van der Waals surface area (Å²) in [6, 6.07) is 2.47. The van der Waals surface area contributed by atoms with Gasteiger partial charge in [-0.15, -0.1) is 0 Å². The molecule has 2 rings (SSSR count). The molecule has 1 aliphatic rings. The maximum absolute atomic E-state index is 13.3. The van der Waals surface area contributed by atoms with Gasteiger partial charge in [0.2, 0.25) is 6.08 Å². The minimum atomic E-state index is -0.836. The Hall–Kier alpha value is -1.38. The summed E-state index contributed by atoms with van der Waals surface area (Å²) in [5.74, 6) is -1.28. The van der Waals surface area contributed by atoms with E-state index in [2.05, 4.69) is 4.99 Å². The van der Waals surface area contributed by atoms with Gasteiger partial charge in [0.25, 0.3) is 0 Å². The predicted octanol–water partition coefficient (Wildman–Crippen LogP) is 2.90. The van der Waals surface area contributed by atoms with Crippen molar-refractivity contribution in [1.29, 1.82) is 0 Å². The Morgan fingerprint density at radius 1 is 1.50 bits per heavy atom. The lowest BCUT2D eigenvalue weighted by Crippen LogP contribution is -2.32. The van der Waals surface area contributed by atoms with E-state index in [-0.39, 0.29) is 10.6 Å². The standard InChI is InChI=1S/C11H9ClFNO2/c12-7-4-8(10(16)9(13)5-7)11(14-6-15)2-1-3-11/h4-5,16H,1-3H2. The molecule has 84 valence electrons. The lowest BCUT2D eigenvalue weighted by atomic mass is 9.72. The zero-order chi connectivity index (χ0) is 11.8. The average molecular weight is 242 g/mol. The molecule has 1 N–H and O–H groups in total. The van der Waals surface area contributed by atoms with E-state index in [1.165, 1.54) is 12.1 Å². The van der Waals surface area contributed by atoms with Crippen molar-refractivity contribution in [2.45, 2.75) is 24.8 Å². The molecule has 0 bridgehead atoms. The van der Waals surface area contributed by atoms with Crippen molar-refractivity contribution in [3.05, 3.63) is 28.5 Å². The van der Waals surface area contributed by atoms with Crippen LogP contribution in [0.15, 0.2) is 17.1 Å². The number of aromatic hydroxyl groups is 1. The number of phenolic OH excluding ortho intramolecular Hbond substituents is 1. The highest BCUT2D eigenvalue weighted by Gasteiger charge is 2.41. The molecule has 0 radical (unpaired) electrons. The van der Waals surface area contributed by atoms with Gasteiger partial charge in [-0.25, -0.2) is 9.18 Å². The third kappa shape index (κ3) is 1.60. The number of carbonyl (C=O) groups excluding carboxylic acids is 1. The first-order valence-electron chi connectivity index (χ1n) is 4.86. The zero-order valence-electron chi connectivity index (χ0n) is 8.33. The Morgan fingerprint density at radius 3 is 2.69 bits per heavy atom. The van der Waals surface area contributed by atoms with Crippen LogP contribution in [0, 0.1) is 5.82 Å². The second kappa shape index (κ2) is 3.89. The molecule has 0 amide bonds. The summed E-state index contributed by atoms with van der Waals surface area (Å²) in [6.07, 6.45) is 3.53. The van der Waals surface area contributed by atoms with Gasteiger partial charge in [0, 0.05) is 10.6 Å². The molecule has 0 aromatic heterocycles. The van der Waals surface area contributed by atoms with Crippen LogP contribution in [0.25, 0.3) is 0 Å². The normalized spacial score (nSPS) is 17.4. The first kappa shape index (κ1) is 11.1. The fourth-order valence-electron chi connectivity index (χ4n) is 1.96. The van der Waals surface area contributed by atoms with Gasteiger partial charge < -0.3 is 5.11 Å². The Balaban J connectivity index is 2.58. The molecule has 0 saturated heterocycles. The van der Waals surface area contributed by atoms with Gasteiger partial charge in [-0.2, -0.15) is 4.99 Å². The van der Waals surface area contributed by atoms with Crippen LogP contribution in [0.2, 0.25) is 5.02 Å². The van der Waals surface area contributed by atoms with Gasteiger partial charge in [0.15, 0.2) is 11.6 Å². The highest BCUT2D eigenvalue weighted by molar-refractivity contribution is 6.30. The van der Waals surface area contributed by atoms with E-state index in [1.54, 1.807) is 0 Å². The molecule has 5 heteroatoms. The number of hydrogen-bond acceptors (Lipinski definition) is 3. The van der Waals surface area contributed by atoms with Gasteiger partial charge in [-0.05, 0) is 31.4 Å². The molecule has 3 nitrogen and oxygen atoms in total. The van der Waals surface area contributed by atoms with Crippen molar-refractivity contribution in [3.8, 4) is 5.75 Å². The molecule has 0 atom stereocenters. The van der Waals surface area contributed by atoms with Crippen molar-refractivity contribution < 1.29 is 14.3 Å². The fraction of sp³-hybridized carbons (Fsp3) is 0.364. The molecule has 1 fully saturated rings. The van der Waals surface area contributed by atoms with Crippen LogP contribution in [-0.2, 0) is 10.3 Å². The van der Waals surface area contributed by atoms with Gasteiger partial charge >= 0.3 is 0 Å². The third-order valence-corrected chi connectivity index (χ3v) is 3.19. The van der Waals surface area contributed by atoms with Crippen LogP contribution in [0.4, 0.5) is 4.39 Å². The third-order valence-electron chi connectivity index (χ3n) is 2.97. The summed E-state index contributed by atoms with van der Waals surface area (Å²) < 4.78 is 13.3. The second-order valence-corrected chi connectivity index (χ2v) is 4.31. The van der Waals surface area contributed by atoms with Crippen molar-refractivity contribution in [3.63, 3.8) is 0 Å². The Bertz CT molecular complexity index is 479. The second-order valence-electron chi connectivity index (χ2n) is 3.87. The molecule has 0 aliphatic heterocycles. The number of nitrogens with zero attached hydrogens (tertiary/aromatic N) is 1. The van der Waals surface area contributed by atoms with Crippen molar-refractivity contribution >= 4 is 17.7 Å². The molecule has 1 saturated carbocycles. The first-order valence-corrected chi connectivity index (χ1v) is 5.24. The number of rotatable bonds is 2. The number of phenols is 1. The number of hydrogen-bond donors (Lipinski definition) is 1. The molecule has 1 aromatic carbocycles. The fourth-order valence-corrected chi connectivity index (χ4v) is 2.17. The van der Waals surface area contributed by atoms with E-state index in [0.29, 0.717) is 12.8 Å². The van der Waals surface area contributed by atoms with Crippen molar-refractivity contribution in [2.75, 3.05) is 0 Å². The number of aliphatic imine (C=N–C) groups is 1. The van der Waals surface area contributed by atoms with E-state index in [0.717, 1.165) is 12.5 Å². The van der Waals surface area contributed by atoms with E-state index >= 15 is 0 Å². The summed E-state index contributed by atoms with van der Waals surface area (Å²) in [5, 5.41) is 9.80. The van der Waals surface area contributed by atoms with Gasteiger partial charge in [0.1, 0.15) is 5.54 Å². The van der Waals surface area contributed by atoms with Crippen molar-refractivity contribution in [2.24, 2.45) is 4.99 Å². The van der Waals surface area contributed by atoms with E-state index < -0.39 is 17.1 Å². The van der Waals surface area contributed by atoms with Crippen LogP contribution in [0.5, 0.6) is 5.75 Å². The number of isocyanates is 1. The summed E-state index contributed by atoms with van der Waals surface area (Å²) in [5.41, 5.74) is -0.565. The summed E-state index contributed by atoms with van der Waals surface area (Å²) >= 11 is 5.72. The van der Waals surface area contributed by atoms with Crippen LogP contribution in [0.3, 0.4) is 0 Å². The smallest absolute Gasteiger partial charge is 0.235 e. The molecular weight excluding hydrogens is 233 g/mol. The lowest BCUT2D eigenvalue weighted by Gasteiger charge is -2.37. The molecule has 16 heavy (non-hydrogen) atoms. The molecule has 0 spiro atoms. The van der Waals surface area contributed by atoms with Crippen LogP contribution >= 0.6 is 11.6 Å². The van der Waals surface area contributed by atoms with Crippen LogP contribution in [-0.4, -0.2) is 11.2 Å². The van der Waals surface area contributed by atoms with Crippen molar-refractivity contribution in [1.82, 2.24) is 0 Å². The van der Waals surface area contributed by atoms with Crippen LogP contribution in [0.1, 0.15) is 24.8 Å². The maximum atomic E-state index is 13.3. The van der Waals surface area contributed by atoms with E-state index in [1.807, 2.05) is 0 Å². The monoisotopic (exact) mass is 241 g/mol. The Morgan fingerprint density at radius 2 is 2.19 bits per heavy atom. The highest BCUT2D eigenvalue weighted by Crippen LogP contribution is 2.49. The Labute approximate surface area is 96.6 Å². The molecule has 0 unspecified atom stereocenters. The van der Waals surface area contributed by atoms with Gasteiger partial charge in [-0.3, -0.25) is 0 Å². The number of halogens is 2. The zero-order valence-corrected chi connectivity index (χ0v) is 9.09. The maximum Gasteiger partial charge on any atom is 0.235 e. The average Bonchev–Trinajstić information content (AvgIpc) is 2.17. The lowest BCUT2D eigenvalue weighted by molar-refractivity contribution is 0.245. The quantitative estimate of drug-likeness (QED) is 0.639. The highest BCUT2D eigenvalue weighted by atomic mass is 35.5. The van der Waals surface area contributed by atoms with Crippen LogP contribution < -0.4 is 0 Å². The SMILES string of the molecule is O=C=NC1(c2cc(Cl)cc(F)c2O)CCC1. The summed E-state index contributed by atoms with van der Waals surface area (Å²) in [4.78, 5) is 14.1. The van der Waals surface area contributed by atoms with E-state index in [4.69, 9.17) is 11.6 Å².